The molecule has 2 aromatic rings. The van der Waals surface area contributed by atoms with Crippen LogP contribution in [0.15, 0.2) is 33.2 Å². The van der Waals surface area contributed by atoms with Gasteiger partial charge in [0.15, 0.2) is 11.4 Å². The maximum absolute atomic E-state index is 12.7. The molecule has 0 unspecified atom stereocenters. The minimum Gasteiger partial charge on any atom is -0.493 e. The Kier molecular flexibility index (Phi) is 6.26. The molecule has 0 atom stereocenters. The predicted molar refractivity (Wildman–Crippen MR) is 99.0 cm³/mol. The lowest BCUT2D eigenvalue weighted by Gasteiger charge is -2.12. The fourth-order valence-corrected chi connectivity index (χ4v) is 2.58. The van der Waals surface area contributed by atoms with Crippen LogP contribution in [0.25, 0.3) is 0 Å². The summed E-state index contributed by atoms with van der Waals surface area (Å²) in [5, 5.41) is 38.5. The van der Waals surface area contributed by atoms with E-state index in [1.165, 1.54) is 19.1 Å². The van der Waals surface area contributed by atoms with E-state index in [1.54, 1.807) is 0 Å². The van der Waals surface area contributed by atoms with Crippen molar-refractivity contribution in [3.63, 3.8) is 0 Å². The summed E-state index contributed by atoms with van der Waals surface area (Å²) >= 11 is 5.76. The quantitative estimate of drug-likeness (QED) is 0.440. The fourth-order valence-electron chi connectivity index (χ4n) is 2.41. The summed E-state index contributed by atoms with van der Waals surface area (Å²) in [4.78, 5) is 23.1. The van der Waals surface area contributed by atoms with Gasteiger partial charge in [0.2, 0.25) is 5.88 Å². The highest BCUT2D eigenvalue weighted by Crippen LogP contribution is 2.32. The van der Waals surface area contributed by atoms with Crippen molar-refractivity contribution < 1.29 is 10.0 Å². The molecule has 1 aromatic carbocycles. The molecule has 0 saturated heterocycles. The first kappa shape index (κ1) is 20.1. The number of pyridine rings is 1. The molecule has 27 heavy (non-hydrogen) atoms. The van der Waals surface area contributed by atoms with Crippen LogP contribution in [-0.2, 0) is 6.54 Å². The molecule has 0 bridgehead atoms. The SMILES string of the molecule is CCCCn1c(O)c(C#N)c(C)c(N=Nc2ccc(Cl)cc2[N+](=O)[O-])c1=O. The molecule has 0 spiro atoms. The zero-order valence-electron chi connectivity index (χ0n) is 14.6. The van der Waals surface area contributed by atoms with Gasteiger partial charge in [-0.05, 0) is 25.5 Å². The van der Waals surface area contributed by atoms with E-state index in [9.17, 15) is 25.3 Å². The molecule has 0 amide bonds. The van der Waals surface area contributed by atoms with E-state index in [-0.39, 0.29) is 39.8 Å². The van der Waals surface area contributed by atoms with Crippen LogP contribution in [0, 0.1) is 28.4 Å². The maximum atomic E-state index is 12.7. The van der Waals surface area contributed by atoms with Gasteiger partial charge in [0.05, 0.1) is 4.92 Å². The fraction of sp³-hybridized carbons (Fsp3) is 0.294. The Balaban J connectivity index is 2.63. The first-order valence-electron chi connectivity index (χ1n) is 8.03. The number of unbranched alkanes of at least 4 members (excludes halogenated alkanes) is 1. The minimum absolute atomic E-state index is 0.0881. The zero-order valence-corrected chi connectivity index (χ0v) is 15.4. The third-order valence-electron chi connectivity index (χ3n) is 3.90. The van der Waals surface area contributed by atoms with Gasteiger partial charge in [-0.3, -0.25) is 19.5 Å². The van der Waals surface area contributed by atoms with Crippen molar-refractivity contribution in [3.8, 4) is 11.9 Å². The number of hydrogen-bond acceptors (Lipinski definition) is 7. The highest BCUT2D eigenvalue weighted by molar-refractivity contribution is 6.30. The molecule has 9 nitrogen and oxygen atoms in total. The van der Waals surface area contributed by atoms with E-state index in [1.807, 2.05) is 13.0 Å². The lowest BCUT2D eigenvalue weighted by Crippen LogP contribution is -2.22. The van der Waals surface area contributed by atoms with Gasteiger partial charge in [-0.25, -0.2) is 0 Å². The molecule has 0 aliphatic heterocycles. The van der Waals surface area contributed by atoms with Crippen molar-refractivity contribution in [1.29, 1.82) is 5.26 Å². The van der Waals surface area contributed by atoms with Gasteiger partial charge in [-0.1, -0.05) is 24.9 Å². The Labute approximate surface area is 159 Å². The number of azo groups is 1. The van der Waals surface area contributed by atoms with Gasteiger partial charge >= 0.3 is 0 Å². The number of aromatic hydroxyl groups is 1. The second-order valence-corrected chi connectivity index (χ2v) is 6.12. The summed E-state index contributed by atoms with van der Waals surface area (Å²) < 4.78 is 1.06. The average molecular weight is 390 g/mol. The van der Waals surface area contributed by atoms with E-state index < -0.39 is 16.4 Å². The largest absolute Gasteiger partial charge is 0.493 e. The van der Waals surface area contributed by atoms with Crippen LogP contribution in [-0.4, -0.2) is 14.6 Å². The van der Waals surface area contributed by atoms with Crippen LogP contribution in [0.2, 0.25) is 5.02 Å². The Morgan fingerprint density at radius 1 is 1.41 bits per heavy atom. The summed E-state index contributed by atoms with van der Waals surface area (Å²) in [6, 6.07) is 5.69. The van der Waals surface area contributed by atoms with Crippen LogP contribution < -0.4 is 5.56 Å². The summed E-state index contributed by atoms with van der Waals surface area (Å²) in [5.41, 5.74) is -1.19. The summed E-state index contributed by atoms with van der Waals surface area (Å²) in [6.07, 6.45) is 1.39. The van der Waals surface area contributed by atoms with Crippen molar-refractivity contribution >= 4 is 28.7 Å². The minimum atomic E-state index is -0.663. The number of hydrogen-bond donors (Lipinski definition) is 1. The molecule has 0 aliphatic rings. The molecule has 1 aromatic heterocycles. The Morgan fingerprint density at radius 3 is 2.70 bits per heavy atom. The van der Waals surface area contributed by atoms with Gasteiger partial charge in [0.1, 0.15) is 11.6 Å². The Bertz CT molecular complexity index is 1020. The molecule has 0 aliphatic carbocycles. The third kappa shape index (κ3) is 4.12. The van der Waals surface area contributed by atoms with Gasteiger partial charge in [0.25, 0.3) is 11.2 Å². The molecule has 1 heterocycles. The number of nitro benzene ring substituents is 1. The second-order valence-electron chi connectivity index (χ2n) is 5.68. The molecule has 10 heteroatoms. The van der Waals surface area contributed by atoms with E-state index in [4.69, 9.17) is 11.6 Å². The monoisotopic (exact) mass is 389 g/mol. The topological polar surface area (TPSA) is 134 Å². The van der Waals surface area contributed by atoms with Crippen molar-refractivity contribution in [2.75, 3.05) is 0 Å². The normalized spacial score (nSPS) is 10.9. The molecular formula is C17H16ClN5O4. The van der Waals surface area contributed by atoms with Gasteiger partial charge in [-0.2, -0.15) is 5.26 Å². The van der Waals surface area contributed by atoms with Gasteiger partial charge in [0, 0.05) is 23.2 Å². The van der Waals surface area contributed by atoms with Crippen molar-refractivity contribution in [1.82, 2.24) is 4.57 Å². The number of nitriles is 1. The van der Waals surface area contributed by atoms with Crippen molar-refractivity contribution in [2.24, 2.45) is 10.2 Å². The molecule has 0 radical (unpaired) electrons. The van der Waals surface area contributed by atoms with Crippen LogP contribution in [0.4, 0.5) is 17.1 Å². The Hall–Kier alpha value is -3.25. The summed E-state index contributed by atoms with van der Waals surface area (Å²) in [5.74, 6) is -0.426. The van der Waals surface area contributed by atoms with Crippen LogP contribution in [0.3, 0.4) is 0 Å². The van der Waals surface area contributed by atoms with Gasteiger partial charge < -0.3 is 5.11 Å². The summed E-state index contributed by atoms with van der Waals surface area (Å²) in [6.45, 7) is 3.58. The molecule has 140 valence electrons. The zero-order chi connectivity index (χ0) is 20.1. The molecular weight excluding hydrogens is 374 g/mol. The first-order chi connectivity index (χ1) is 12.8. The highest BCUT2D eigenvalue weighted by atomic mass is 35.5. The number of benzene rings is 1. The van der Waals surface area contributed by atoms with Gasteiger partial charge in [-0.15, -0.1) is 10.2 Å². The smallest absolute Gasteiger partial charge is 0.298 e. The van der Waals surface area contributed by atoms with E-state index in [0.717, 1.165) is 17.1 Å². The summed E-state index contributed by atoms with van der Waals surface area (Å²) in [7, 11) is 0. The van der Waals surface area contributed by atoms with Crippen LogP contribution >= 0.6 is 11.6 Å². The Morgan fingerprint density at radius 2 is 2.11 bits per heavy atom. The molecule has 0 saturated carbocycles. The first-order valence-corrected chi connectivity index (χ1v) is 8.41. The van der Waals surface area contributed by atoms with E-state index >= 15 is 0 Å². The second kappa shape index (κ2) is 8.42. The highest BCUT2D eigenvalue weighted by Gasteiger charge is 2.20. The number of halogens is 1. The molecule has 2 rings (SSSR count). The van der Waals surface area contributed by atoms with E-state index in [0.29, 0.717) is 6.42 Å². The number of nitro groups is 1. The van der Waals surface area contributed by atoms with Crippen molar-refractivity contribution in [3.05, 3.63) is 54.8 Å². The van der Waals surface area contributed by atoms with Crippen LogP contribution in [0.5, 0.6) is 5.88 Å². The third-order valence-corrected chi connectivity index (χ3v) is 4.13. The standard InChI is InChI=1S/C17H16ClN5O4/c1-3-4-7-22-16(24)12(9-19)10(2)15(17(22)25)21-20-13-6-5-11(18)8-14(13)23(26)27/h5-6,8,24H,3-4,7H2,1-2H3. The number of nitrogens with zero attached hydrogens (tertiary/aromatic N) is 5. The van der Waals surface area contributed by atoms with E-state index in [2.05, 4.69) is 10.2 Å². The molecule has 1 N–H and O–H groups in total. The average Bonchev–Trinajstić information content (AvgIpc) is 2.62. The number of rotatable bonds is 6. The maximum Gasteiger partial charge on any atom is 0.298 e. The van der Waals surface area contributed by atoms with Crippen LogP contribution in [0.1, 0.15) is 30.9 Å². The predicted octanol–water partition coefficient (Wildman–Crippen LogP) is 4.51. The molecule has 0 fully saturated rings. The van der Waals surface area contributed by atoms with Crippen molar-refractivity contribution in [2.45, 2.75) is 33.2 Å². The number of aromatic nitrogens is 1. The lowest BCUT2D eigenvalue weighted by atomic mass is 10.1. The lowest BCUT2D eigenvalue weighted by molar-refractivity contribution is -0.384.